The molecule has 2 aromatic rings. The Morgan fingerprint density at radius 2 is 1.86 bits per heavy atom. The molecule has 29 heavy (non-hydrogen) atoms. The third kappa shape index (κ3) is 5.22. The van der Waals surface area contributed by atoms with E-state index in [4.69, 9.17) is 9.47 Å². The third-order valence-electron chi connectivity index (χ3n) is 4.16. The van der Waals surface area contributed by atoms with E-state index in [1.165, 1.54) is 26.2 Å². The molecule has 0 spiro atoms. The largest absolute Gasteiger partial charge is 0.495 e. The second kappa shape index (κ2) is 9.05. The van der Waals surface area contributed by atoms with Crippen molar-refractivity contribution in [3.8, 4) is 5.75 Å². The number of rotatable bonds is 7. The van der Waals surface area contributed by atoms with Gasteiger partial charge in [-0.2, -0.15) is 0 Å². The summed E-state index contributed by atoms with van der Waals surface area (Å²) in [4.78, 5) is 37.1. The first-order chi connectivity index (χ1) is 13.6. The molecule has 154 valence electrons. The maximum absolute atomic E-state index is 12.4. The van der Waals surface area contributed by atoms with Gasteiger partial charge in [0.2, 0.25) is 0 Å². The average molecular weight is 401 g/mol. The molecule has 0 aliphatic carbocycles. The number of nitro groups is 1. The summed E-state index contributed by atoms with van der Waals surface area (Å²) in [6.45, 7) is 3.28. The van der Waals surface area contributed by atoms with Crippen LogP contribution in [-0.4, -0.2) is 44.1 Å². The SMILES string of the molecule is COc1ccc(C)cc1NC(=O)[C@H](C)OC(=O)c1ccc(N(C)C)c([N+](=O)[O-])c1. The van der Waals surface area contributed by atoms with Crippen molar-refractivity contribution in [1.29, 1.82) is 0 Å². The molecular formula is C20H23N3O6. The number of nitro benzene ring substituents is 1. The summed E-state index contributed by atoms with van der Waals surface area (Å²) in [7, 11) is 4.80. The van der Waals surface area contributed by atoms with E-state index in [0.29, 0.717) is 17.1 Å². The second-order valence-corrected chi connectivity index (χ2v) is 6.60. The zero-order chi connectivity index (χ0) is 21.7. The maximum Gasteiger partial charge on any atom is 0.339 e. The fourth-order valence-corrected chi connectivity index (χ4v) is 2.61. The summed E-state index contributed by atoms with van der Waals surface area (Å²) in [6.07, 6.45) is -1.12. The van der Waals surface area contributed by atoms with E-state index in [-0.39, 0.29) is 11.3 Å². The molecule has 0 fully saturated rings. The summed E-state index contributed by atoms with van der Waals surface area (Å²) in [6, 6.07) is 9.28. The van der Waals surface area contributed by atoms with E-state index in [1.54, 1.807) is 31.1 Å². The number of hydrogen-bond donors (Lipinski definition) is 1. The van der Waals surface area contributed by atoms with Crippen LogP contribution in [0, 0.1) is 17.0 Å². The number of amides is 1. The van der Waals surface area contributed by atoms with Gasteiger partial charge >= 0.3 is 5.97 Å². The monoisotopic (exact) mass is 401 g/mol. The number of benzene rings is 2. The molecule has 1 atom stereocenters. The molecule has 1 N–H and O–H groups in total. The molecule has 0 bridgehead atoms. The molecule has 0 heterocycles. The molecule has 1 amide bonds. The van der Waals surface area contributed by atoms with Crippen molar-refractivity contribution in [2.45, 2.75) is 20.0 Å². The van der Waals surface area contributed by atoms with Crippen LogP contribution in [0.1, 0.15) is 22.8 Å². The van der Waals surface area contributed by atoms with Crippen LogP contribution in [0.15, 0.2) is 36.4 Å². The molecular weight excluding hydrogens is 378 g/mol. The average Bonchev–Trinajstić information content (AvgIpc) is 2.67. The minimum absolute atomic E-state index is 0.0184. The number of nitrogens with zero attached hydrogens (tertiary/aromatic N) is 2. The van der Waals surface area contributed by atoms with Crippen LogP contribution in [0.5, 0.6) is 5.75 Å². The van der Waals surface area contributed by atoms with Crippen LogP contribution in [0.3, 0.4) is 0 Å². The predicted octanol–water partition coefficient (Wildman–Crippen LogP) is 3.16. The number of esters is 1. The molecule has 0 saturated carbocycles. The second-order valence-electron chi connectivity index (χ2n) is 6.60. The minimum Gasteiger partial charge on any atom is -0.495 e. The number of hydrogen-bond acceptors (Lipinski definition) is 7. The molecule has 0 aromatic heterocycles. The Hall–Kier alpha value is -3.62. The quantitative estimate of drug-likeness (QED) is 0.431. The van der Waals surface area contributed by atoms with Crippen molar-refractivity contribution in [2.75, 3.05) is 31.4 Å². The normalized spacial score (nSPS) is 11.3. The lowest BCUT2D eigenvalue weighted by Crippen LogP contribution is -2.30. The summed E-state index contributed by atoms with van der Waals surface area (Å²) in [5.41, 5.74) is 1.47. The first-order valence-electron chi connectivity index (χ1n) is 8.76. The van der Waals surface area contributed by atoms with E-state index < -0.39 is 22.9 Å². The van der Waals surface area contributed by atoms with Gasteiger partial charge in [-0.15, -0.1) is 0 Å². The Labute approximate surface area is 168 Å². The first-order valence-corrected chi connectivity index (χ1v) is 8.76. The maximum atomic E-state index is 12.4. The molecule has 9 heteroatoms. The number of nitrogens with one attached hydrogen (secondary N) is 1. The van der Waals surface area contributed by atoms with E-state index >= 15 is 0 Å². The van der Waals surface area contributed by atoms with E-state index in [9.17, 15) is 19.7 Å². The van der Waals surface area contributed by atoms with Crippen LogP contribution < -0.4 is 15.0 Å². The van der Waals surface area contributed by atoms with Crippen LogP contribution in [0.25, 0.3) is 0 Å². The third-order valence-corrected chi connectivity index (χ3v) is 4.16. The number of carbonyl (C=O) groups is 2. The molecule has 9 nitrogen and oxygen atoms in total. The van der Waals surface area contributed by atoms with Gasteiger partial charge in [-0.05, 0) is 43.7 Å². The summed E-state index contributed by atoms with van der Waals surface area (Å²) in [5, 5.41) is 13.9. The molecule has 2 aromatic carbocycles. The van der Waals surface area contributed by atoms with Gasteiger partial charge in [-0.1, -0.05) is 6.07 Å². The van der Waals surface area contributed by atoms with E-state index in [1.807, 2.05) is 13.0 Å². The van der Waals surface area contributed by atoms with Gasteiger partial charge in [-0.25, -0.2) is 4.79 Å². The van der Waals surface area contributed by atoms with E-state index in [2.05, 4.69) is 5.32 Å². The van der Waals surface area contributed by atoms with Crippen molar-refractivity contribution in [3.63, 3.8) is 0 Å². The van der Waals surface area contributed by atoms with Gasteiger partial charge in [0.1, 0.15) is 11.4 Å². The molecule has 2 rings (SSSR count). The lowest BCUT2D eigenvalue weighted by molar-refractivity contribution is -0.384. The van der Waals surface area contributed by atoms with Crippen molar-refractivity contribution in [3.05, 3.63) is 57.6 Å². The number of ether oxygens (including phenoxy) is 2. The van der Waals surface area contributed by atoms with Crippen molar-refractivity contribution >= 4 is 28.9 Å². The van der Waals surface area contributed by atoms with Gasteiger partial charge < -0.3 is 19.7 Å². The topological polar surface area (TPSA) is 111 Å². The predicted molar refractivity (Wildman–Crippen MR) is 109 cm³/mol. The lowest BCUT2D eigenvalue weighted by Gasteiger charge is -2.16. The van der Waals surface area contributed by atoms with Gasteiger partial charge in [0.05, 0.1) is 23.3 Å². The highest BCUT2D eigenvalue weighted by Crippen LogP contribution is 2.28. The highest BCUT2D eigenvalue weighted by atomic mass is 16.6. The number of carbonyl (C=O) groups excluding carboxylic acids is 2. The van der Waals surface area contributed by atoms with Gasteiger partial charge in [-0.3, -0.25) is 14.9 Å². The Morgan fingerprint density at radius 1 is 1.17 bits per heavy atom. The zero-order valence-corrected chi connectivity index (χ0v) is 16.9. The molecule has 0 radical (unpaired) electrons. The van der Waals surface area contributed by atoms with Gasteiger partial charge in [0.25, 0.3) is 11.6 Å². The molecule has 0 saturated heterocycles. The minimum atomic E-state index is -1.12. The van der Waals surface area contributed by atoms with Crippen molar-refractivity contribution in [2.24, 2.45) is 0 Å². The summed E-state index contributed by atoms with van der Waals surface area (Å²) in [5.74, 6) is -0.920. The van der Waals surface area contributed by atoms with Crippen LogP contribution in [0.2, 0.25) is 0 Å². The fourth-order valence-electron chi connectivity index (χ4n) is 2.61. The zero-order valence-electron chi connectivity index (χ0n) is 16.9. The first kappa shape index (κ1) is 21.7. The van der Waals surface area contributed by atoms with Crippen molar-refractivity contribution in [1.82, 2.24) is 0 Å². The smallest absolute Gasteiger partial charge is 0.339 e. The fraction of sp³-hybridized carbons (Fsp3) is 0.300. The molecule has 0 unspecified atom stereocenters. The van der Waals surface area contributed by atoms with Crippen LogP contribution >= 0.6 is 0 Å². The van der Waals surface area contributed by atoms with E-state index in [0.717, 1.165) is 11.6 Å². The Morgan fingerprint density at radius 3 is 2.45 bits per heavy atom. The Balaban J connectivity index is 2.14. The van der Waals surface area contributed by atoms with Crippen LogP contribution in [-0.2, 0) is 9.53 Å². The summed E-state index contributed by atoms with van der Waals surface area (Å²) < 4.78 is 10.4. The molecule has 0 aliphatic rings. The Bertz CT molecular complexity index is 942. The standard InChI is InChI=1S/C20H23N3O6/c1-12-6-9-18(28-5)15(10-12)21-19(24)13(2)29-20(25)14-7-8-16(22(3)4)17(11-14)23(26)27/h6-11,13H,1-5H3,(H,21,24)/t13-/m0/s1. The summed E-state index contributed by atoms with van der Waals surface area (Å²) >= 11 is 0. The van der Waals surface area contributed by atoms with Gasteiger partial charge in [0.15, 0.2) is 6.10 Å². The number of anilines is 2. The highest BCUT2D eigenvalue weighted by molar-refractivity contribution is 5.98. The lowest BCUT2D eigenvalue weighted by atomic mass is 10.1. The number of methoxy groups -OCH3 is 1. The van der Waals surface area contributed by atoms with Gasteiger partial charge in [0, 0.05) is 20.2 Å². The van der Waals surface area contributed by atoms with Crippen LogP contribution in [0.4, 0.5) is 17.1 Å². The number of aryl methyl sites for hydroxylation is 1. The molecule has 0 aliphatic heterocycles. The Kier molecular flexibility index (Phi) is 6.76. The highest BCUT2D eigenvalue weighted by Gasteiger charge is 2.23. The van der Waals surface area contributed by atoms with Crippen molar-refractivity contribution < 1.29 is 24.0 Å².